The zero-order chi connectivity index (χ0) is 14.4. The molecule has 106 valence electrons. The highest BCUT2D eigenvalue weighted by Gasteiger charge is 2.32. The van der Waals surface area contributed by atoms with Gasteiger partial charge in [-0.1, -0.05) is 23.7 Å². The van der Waals surface area contributed by atoms with Crippen LogP contribution in [-0.4, -0.2) is 32.6 Å². The summed E-state index contributed by atoms with van der Waals surface area (Å²) in [6, 6.07) is 8.65. The van der Waals surface area contributed by atoms with Gasteiger partial charge in [0.1, 0.15) is 17.2 Å². The van der Waals surface area contributed by atoms with E-state index in [2.05, 4.69) is 49.5 Å². The Hall–Kier alpha value is -2.14. The summed E-state index contributed by atoms with van der Waals surface area (Å²) in [5, 5.41) is 0.600. The highest BCUT2D eigenvalue weighted by atomic mass is 35.5. The number of aromatic nitrogens is 4. The van der Waals surface area contributed by atoms with Crippen LogP contribution in [0, 0.1) is 6.92 Å². The second-order valence-corrected chi connectivity index (χ2v) is 5.68. The highest BCUT2D eigenvalue weighted by molar-refractivity contribution is 6.32. The minimum absolute atomic E-state index is 0.406. The molecule has 0 radical (unpaired) electrons. The predicted octanol–water partition coefficient (Wildman–Crippen LogP) is 2.85. The maximum absolute atomic E-state index is 6.14. The Morgan fingerprint density at radius 1 is 1.24 bits per heavy atom. The number of anilines is 1. The molecule has 1 aliphatic rings. The van der Waals surface area contributed by atoms with Crippen LogP contribution in [0.2, 0.25) is 5.02 Å². The van der Waals surface area contributed by atoms with Gasteiger partial charge in [-0.3, -0.25) is 0 Å². The molecular formula is C15H14ClN5. The van der Waals surface area contributed by atoms with Crippen LogP contribution in [-0.2, 0) is 0 Å². The van der Waals surface area contributed by atoms with Crippen LogP contribution in [0.25, 0.3) is 11.0 Å². The van der Waals surface area contributed by atoms with Crippen LogP contribution < -0.4 is 4.90 Å². The topological polar surface area (TPSA) is 46.8 Å². The molecule has 0 unspecified atom stereocenters. The molecule has 5 nitrogen and oxygen atoms in total. The quantitative estimate of drug-likeness (QED) is 0.730. The zero-order valence-electron chi connectivity index (χ0n) is 11.6. The number of hydrogen-bond acceptors (Lipinski definition) is 4. The molecule has 2 aromatic heterocycles. The molecule has 4 rings (SSSR count). The molecule has 0 bridgehead atoms. The van der Waals surface area contributed by atoms with Gasteiger partial charge in [-0.25, -0.2) is 15.0 Å². The molecule has 0 N–H and O–H groups in total. The van der Waals surface area contributed by atoms with E-state index in [-0.39, 0.29) is 0 Å². The van der Waals surface area contributed by atoms with Crippen LogP contribution in [0.1, 0.15) is 11.9 Å². The largest absolute Gasteiger partial charge is 0.351 e. The van der Waals surface area contributed by atoms with Crippen molar-refractivity contribution in [2.24, 2.45) is 0 Å². The fourth-order valence-corrected chi connectivity index (χ4v) is 3.18. The van der Waals surface area contributed by atoms with Crippen molar-refractivity contribution in [3.05, 3.63) is 47.6 Å². The highest BCUT2D eigenvalue weighted by Crippen LogP contribution is 2.33. The molecule has 3 heterocycles. The van der Waals surface area contributed by atoms with Gasteiger partial charge in [-0.2, -0.15) is 0 Å². The third-order valence-corrected chi connectivity index (χ3v) is 4.21. The Bertz CT molecular complexity index is 807. The molecule has 21 heavy (non-hydrogen) atoms. The lowest BCUT2D eigenvalue weighted by Gasteiger charge is -2.41. The summed E-state index contributed by atoms with van der Waals surface area (Å²) in [7, 11) is 0. The zero-order valence-corrected chi connectivity index (χ0v) is 12.3. The number of rotatable bonds is 2. The Morgan fingerprint density at radius 2 is 2.05 bits per heavy atom. The lowest BCUT2D eigenvalue weighted by Crippen LogP contribution is -2.48. The van der Waals surface area contributed by atoms with Gasteiger partial charge in [0, 0.05) is 13.1 Å². The third kappa shape index (κ3) is 1.96. The molecule has 0 spiro atoms. The van der Waals surface area contributed by atoms with Gasteiger partial charge < -0.3 is 9.47 Å². The van der Waals surface area contributed by atoms with Crippen molar-refractivity contribution in [2.75, 3.05) is 18.0 Å². The van der Waals surface area contributed by atoms with Crippen molar-refractivity contribution < 1.29 is 0 Å². The van der Waals surface area contributed by atoms with Crippen molar-refractivity contribution in [3.63, 3.8) is 0 Å². The minimum Gasteiger partial charge on any atom is -0.351 e. The number of aryl methyl sites for hydroxylation is 1. The molecule has 0 saturated carbocycles. The first-order valence-corrected chi connectivity index (χ1v) is 7.26. The van der Waals surface area contributed by atoms with E-state index in [1.54, 1.807) is 6.20 Å². The van der Waals surface area contributed by atoms with E-state index in [1.807, 2.05) is 6.07 Å². The van der Waals surface area contributed by atoms with Gasteiger partial charge in [-0.05, 0) is 19.1 Å². The predicted molar refractivity (Wildman–Crippen MR) is 82.8 cm³/mol. The maximum Gasteiger partial charge on any atom is 0.150 e. The normalized spacial score (nSPS) is 15.4. The van der Waals surface area contributed by atoms with Crippen LogP contribution in [0.3, 0.4) is 0 Å². The van der Waals surface area contributed by atoms with E-state index >= 15 is 0 Å². The van der Waals surface area contributed by atoms with E-state index in [0.717, 1.165) is 30.2 Å². The van der Waals surface area contributed by atoms with Gasteiger partial charge in [0.25, 0.3) is 0 Å². The van der Waals surface area contributed by atoms with E-state index in [4.69, 9.17) is 11.6 Å². The summed E-state index contributed by atoms with van der Waals surface area (Å²) in [5.74, 6) is 1.86. The number of halogens is 1. The minimum atomic E-state index is 0.406. The van der Waals surface area contributed by atoms with E-state index in [1.165, 1.54) is 11.8 Å². The second kappa shape index (κ2) is 4.70. The summed E-state index contributed by atoms with van der Waals surface area (Å²) >= 11 is 6.14. The monoisotopic (exact) mass is 299 g/mol. The number of imidazole rings is 1. The van der Waals surface area contributed by atoms with Gasteiger partial charge >= 0.3 is 0 Å². The summed E-state index contributed by atoms with van der Waals surface area (Å²) < 4.78 is 2.31. The van der Waals surface area contributed by atoms with Crippen molar-refractivity contribution in [3.8, 4) is 0 Å². The van der Waals surface area contributed by atoms with Crippen molar-refractivity contribution in [1.82, 2.24) is 19.5 Å². The standard InChI is InChI=1S/C15H14ClN5/c1-10-19-13-4-2-3-5-14(13)21(10)11-7-20(8-11)15-12(16)6-17-9-18-15/h2-6,9,11H,7-8H2,1H3. The Labute approximate surface area is 127 Å². The summed E-state index contributed by atoms with van der Waals surface area (Å²) in [5.41, 5.74) is 2.24. The first kappa shape index (κ1) is 12.6. The lowest BCUT2D eigenvalue weighted by atomic mass is 10.1. The van der Waals surface area contributed by atoms with Crippen molar-refractivity contribution in [1.29, 1.82) is 0 Å². The molecule has 1 aliphatic heterocycles. The summed E-state index contributed by atoms with van der Waals surface area (Å²) in [6.07, 6.45) is 3.17. The SMILES string of the molecule is Cc1nc2ccccc2n1C1CN(c2ncncc2Cl)C1. The summed E-state index contributed by atoms with van der Waals surface area (Å²) in [6.45, 7) is 3.83. The molecule has 6 heteroatoms. The smallest absolute Gasteiger partial charge is 0.150 e. The Kier molecular flexibility index (Phi) is 2.82. The first-order valence-electron chi connectivity index (χ1n) is 6.88. The van der Waals surface area contributed by atoms with Crippen LogP contribution in [0.4, 0.5) is 5.82 Å². The molecule has 3 aromatic rings. The maximum atomic E-state index is 6.14. The van der Waals surface area contributed by atoms with Crippen LogP contribution in [0.5, 0.6) is 0 Å². The number of nitrogens with zero attached hydrogens (tertiary/aromatic N) is 5. The van der Waals surface area contributed by atoms with Crippen molar-refractivity contribution in [2.45, 2.75) is 13.0 Å². The van der Waals surface area contributed by atoms with E-state index in [0.29, 0.717) is 11.1 Å². The Balaban J connectivity index is 1.63. The van der Waals surface area contributed by atoms with Gasteiger partial charge in [0.2, 0.25) is 0 Å². The number of para-hydroxylation sites is 2. The molecule has 0 amide bonds. The summed E-state index contributed by atoms with van der Waals surface area (Å²) in [4.78, 5) is 15.0. The molecular weight excluding hydrogens is 286 g/mol. The number of hydrogen-bond donors (Lipinski definition) is 0. The van der Waals surface area contributed by atoms with Crippen molar-refractivity contribution >= 4 is 28.5 Å². The molecule has 1 saturated heterocycles. The lowest BCUT2D eigenvalue weighted by molar-refractivity contribution is 0.399. The van der Waals surface area contributed by atoms with Gasteiger partial charge in [-0.15, -0.1) is 0 Å². The fourth-order valence-electron chi connectivity index (χ4n) is 2.96. The average Bonchev–Trinajstić information content (AvgIpc) is 2.76. The van der Waals surface area contributed by atoms with Gasteiger partial charge in [0.05, 0.1) is 23.3 Å². The Morgan fingerprint density at radius 3 is 2.86 bits per heavy atom. The molecule has 0 atom stereocenters. The van der Waals surface area contributed by atoms with E-state index < -0.39 is 0 Å². The van der Waals surface area contributed by atoms with Gasteiger partial charge in [0.15, 0.2) is 5.82 Å². The molecule has 1 aromatic carbocycles. The third-order valence-electron chi connectivity index (χ3n) is 3.95. The average molecular weight is 300 g/mol. The van der Waals surface area contributed by atoms with E-state index in [9.17, 15) is 0 Å². The molecule has 1 fully saturated rings. The molecule has 0 aliphatic carbocycles. The fraction of sp³-hybridized carbons (Fsp3) is 0.267. The van der Waals surface area contributed by atoms with Crippen LogP contribution in [0.15, 0.2) is 36.8 Å². The van der Waals surface area contributed by atoms with Crippen LogP contribution >= 0.6 is 11.6 Å². The number of benzene rings is 1. The second-order valence-electron chi connectivity index (χ2n) is 5.27. The number of fused-ring (bicyclic) bond motifs is 1. The first-order chi connectivity index (χ1) is 10.2.